The molecule has 2 aliphatic carbocycles. The molecule has 2 heteroatoms. The van der Waals surface area contributed by atoms with Crippen molar-refractivity contribution in [1.82, 2.24) is 10.2 Å². The van der Waals surface area contributed by atoms with E-state index < -0.39 is 0 Å². The molecule has 0 radical (unpaired) electrons. The molecule has 0 aromatic rings. The summed E-state index contributed by atoms with van der Waals surface area (Å²) in [6.07, 6.45) is 6.16. The van der Waals surface area contributed by atoms with E-state index in [2.05, 4.69) is 24.2 Å². The summed E-state index contributed by atoms with van der Waals surface area (Å²) in [7, 11) is 2.34. The summed E-state index contributed by atoms with van der Waals surface area (Å²) in [6, 6.07) is 0. The first-order chi connectivity index (χ1) is 8.22. The molecule has 1 aliphatic heterocycles. The lowest BCUT2D eigenvalue weighted by Gasteiger charge is -2.36. The van der Waals surface area contributed by atoms with Crippen molar-refractivity contribution >= 4 is 0 Å². The topological polar surface area (TPSA) is 15.3 Å². The van der Waals surface area contributed by atoms with E-state index in [0.29, 0.717) is 0 Å². The monoisotopic (exact) mass is 236 g/mol. The molecule has 2 bridgehead atoms. The Labute approximate surface area is 106 Å². The van der Waals surface area contributed by atoms with Gasteiger partial charge in [-0.25, -0.2) is 0 Å². The van der Waals surface area contributed by atoms with E-state index in [0.717, 1.165) is 29.6 Å². The van der Waals surface area contributed by atoms with E-state index in [9.17, 15) is 0 Å². The third kappa shape index (κ3) is 2.53. The molecule has 3 rings (SSSR count). The lowest BCUT2D eigenvalue weighted by Crippen LogP contribution is -2.48. The zero-order valence-corrected chi connectivity index (χ0v) is 11.5. The molecule has 2 nitrogen and oxygen atoms in total. The second kappa shape index (κ2) is 4.89. The molecule has 1 saturated heterocycles. The summed E-state index contributed by atoms with van der Waals surface area (Å²) in [5, 5.41) is 3.39. The van der Waals surface area contributed by atoms with Crippen LogP contribution in [0, 0.1) is 29.6 Å². The molecule has 4 unspecified atom stereocenters. The van der Waals surface area contributed by atoms with Crippen LogP contribution in [-0.2, 0) is 0 Å². The minimum Gasteiger partial charge on any atom is -0.316 e. The van der Waals surface area contributed by atoms with Crippen LogP contribution in [0.15, 0.2) is 0 Å². The normalized spacial score (nSPS) is 38.6. The van der Waals surface area contributed by atoms with Crippen molar-refractivity contribution in [2.24, 2.45) is 29.6 Å². The molecule has 2 saturated carbocycles. The highest BCUT2D eigenvalue weighted by Crippen LogP contribution is 2.48. The van der Waals surface area contributed by atoms with E-state index in [1.165, 1.54) is 45.4 Å². The SMILES string of the molecule is CC(CN(C)CC1CC2CCC1C2)C1CNC1. The van der Waals surface area contributed by atoms with Crippen molar-refractivity contribution in [2.45, 2.75) is 32.6 Å². The number of nitrogens with zero attached hydrogens (tertiary/aromatic N) is 1. The van der Waals surface area contributed by atoms with E-state index in [-0.39, 0.29) is 0 Å². The van der Waals surface area contributed by atoms with Crippen molar-refractivity contribution in [2.75, 3.05) is 33.2 Å². The van der Waals surface area contributed by atoms with Gasteiger partial charge in [0.05, 0.1) is 0 Å². The second-order valence-electron chi connectivity index (χ2n) is 7.05. The zero-order chi connectivity index (χ0) is 11.8. The van der Waals surface area contributed by atoms with Crippen molar-refractivity contribution in [3.05, 3.63) is 0 Å². The molecule has 4 atom stereocenters. The Hall–Kier alpha value is -0.0800. The van der Waals surface area contributed by atoms with E-state index in [4.69, 9.17) is 0 Å². The quantitative estimate of drug-likeness (QED) is 0.787. The van der Waals surface area contributed by atoms with Gasteiger partial charge < -0.3 is 10.2 Å². The fourth-order valence-electron chi connectivity index (χ4n) is 4.43. The summed E-state index contributed by atoms with van der Waals surface area (Å²) in [5.74, 6) is 5.04. The molecule has 0 aromatic carbocycles. The van der Waals surface area contributed by atoms with Gasteiger partial charge in [-0.05, 0) is 69.0 Å². The molecular weight excluding hydrogens is 208 g/mol. The summed E-state index contributed by atoms with van der Waals surface area (Å²) in [6.45, 7) is 7.61. The smallest absolute Gasteiger partial charge is 0.000947 e. The van der Waals surface area contributed by atoms with Gasteiger partial charge in [0.1, 0.15) is 0 Å². The Kier molecular flexibility index (Phi) is 3.45. The fraction of sp³-hybridized carbons (Fsp3) is 1.00. The number of fused-ring (bicyclic) bond motifs is 2. The van der Waals surface area contributed by atoms with Crippen molar-refractivity contribution in [3.63, 3.8) is 0 Å². The molecule has 3 aliphatic rings. The molecular formula is C15H28N2. The average molecular weight is 236 g/mol. The van der Waals surface area contributed by atoms with Gasteiger partial charge in [-0.2, -0.15) is 0 Å². The standard InChI is InChI=1S/C15H28N2/c1-11(15-7-16-8-15)9-17(2)10-14-6-12-3-4-13(14)5-12/h11-16H,3-10H2,1-2H3. The van der Waals surface area contributed by atoms with Crippen LogP contribution < -0.4 is 5.32 Å². The molecule has 3 fully saturated rings. The highest BCUT2D eigenvalue weighted by molar-refractivity contribution is 4.91. The van der Waals surface area contributed by atoms with Crippen LogP contribution in [0.4, 0.5) is 0 Å². The Morgan fingerprint density at radius 1 is 1.24 bits per heavy atom. The maximum Gasteiger partial charge on any atom is 0.000947 e. The zero-order valence-electron chi connectivity index (χ0n) is 11.5. The Morgan fingerprint density at radius 3 is 2.59 bits per heavy atom. The molecule has 98 valence electrons. The van der Waals surface area contributed by atoms with Gasteiger partial charge >= 0.3 is 0 Å². The third-order valence-electron chi connectivity index (χ3n) is 5.65. The first kappa shape index (κ1) is 12.0. The molecule has 0 spiro atoms. The van der Waals surface area contributed by atoms with Gasteiger partial charge in [-0.3, -0.25) is 0 Å². The Balaban J connectivity index is 1.42. The summed E-state index contributed by atoms with van der Waals surface area (Å²) >= 11 is 0. The molecule has 1 heterocycles. The van der Waals surface area contributed by atoms with Crippen LogP contribution in [-0.4, -0.2) is 38.1 Å². The second-order valence-corrected chi connectivity index (χ2v) is 7.05. The minimum absolute atomic E-state index is 0.875. The largest absolute Gasteiger partial charge is 0.316 e. The summed E-state index contributed by atoms with van der Waals surface area (Å²) in [5.41, 5.74) is 0. The lowest BCUT2D eigenvalue weighted by atomic mass is 9.86. The van der Waals surface area contributed by atoms with E-state index in [1.807, 2.05) is 0 Å². The van der Waals surface area contributed by atoms with Gasteiger partial charge in [0.25, 0.3) is 0 Å². The average Bonchev–Trinajstić information content (AvgIpc) is 2.75. The minimum atomic E-state index is 0.875. The van der Waals surface area contributed by atoms with Crippen LogP contribution in [0.1, 0.15) is 32.6 Å². The van der Waals surface area contributed by atoms with Crippen molar-refractivity contribution < 1.29 is 0 Å². The Morgan fingerprint density at radius 2 is 2.06 bits per heavy atom. The van der Waals surface area contributed by atoms with Gasteiger partial charge in [0.15, 0.2) is 0 Å². The van der Waals surface area contributed by atoms with Crippen LogP contribution in [0.2, 0.25) is 0 Å². The van der Waals surface area contributed by atoms with E-state index >= 15 is 0 Å². The maximum atomic E-state index is 3.39. The first-order valence-corrected chi connectivity index (χ1v) is 7.61. The van der Waals surface area contributed by atoms with Crippen molar-refractivity contribution in [1.29, 1.82) is 0 Å². The molecule has 0 aromatic heterocycles. The van der Waals surface area contributed by atoms with Crippen molar-refractivity contribution in [3.8, 4) is 0 Å². The van der Waals surface area contributed by atoms with Crippen LogP contribution in [0.25, 0.3) is 0 Å². The maximum absolute atomic E-state index is 3.39. The highest BCUT2D eigenvalue weighted by Gasteiger charge is 2.39. The van der Waals surface area contributed by atoms with Gasteiger partial charge in [0.2, 0.25) is 0 Å². The number of nitrogens with one attached hydrogen (secondary N) is 1. The number of hydrogen-bond donors (Lipinski definition) is 1. The van der Waals surface area contributed by atoms with Gasteiger partial charge in [0, 0.05) is 13.1 Å². The van der Waals surface area contributed by atoms with Crippen LogP contribution in [0.5, 0.6) is 0 Å². The molecule has 0 amide bonds. The number of rotatable bonds is 5. The third-order valence-corrected chi connectivity index (χ3v) is 5.65. The predicted octanol–water partition coefficient (Wildman–Crippen LogP) is 2.21. The number of hydrogen-bond acceptors (Lipinski definition) is 2. The fourth-order valence-corrected chi connectivity index (χ4v) is 4.43. The molecule has 17 heavy (non-hydrogen) atoms. The van der Waals surface area contributed by atoms with Crippen LogP contribution in [0.3, 0.4) is 0 Å². The first-order valence-electron chi connectivity index (χ1n) is 7.61. The summed E-state index contributed by atoms with van der Waals surface area (Å²) < 4.78 is 0. The lowest BCUT2D eigenvalue weighted by molar-refractivity contribution is 0.156. The van der Waals surface area contributed by atoms with Crippen LogP contribution >= 0.6 is 0 Å². The Bertz CT molecular complexity index is 262. The summed E-state index contributed by atoms with van der Waals surface area (Å²) in [4.78, 5) is 2.62. The van der Waals surface area contributed by atoms with E-state index in [1.54, 1.807) is 6.42 Å². The highest BCUT2D eigenvalue weighted by atomic mass is 15.1. The molecule has 1 N–H and O–H groups in total. The predicted molar refractivity (Wildman–Crippen MR) is 72.0 cm³/mol. The van der Waals surface area contributed by atoms with Gasteiger partial charge in [-0.1, -0.05) is 13.3 Å². The van der Waals surface area contributed by atoms with Gasteiger partial charge in [-0.15, -0.1) is 0 Å².